The molecule has 0 saturated carbocycles. The van der Waals surface area contributed by atoms with Gasteiger partial charge in [0.2, 0.25) is 0 Å². The Morgan fingerprint density at radius 1 is 0.971 bits per heavy atom. The molecule has 34 heavy (non-hydrogen) atoms. The number of carbonyl (C=O) groups is 1. The average molecular weight is 504 g/mol. The Kier molecular flexibility index (Phi) is 7.96. The van der Waals surface area contributed by atoms with Crippen LogP contribution in [0.1, 0.15) is 5.56 Å². The highest BCUT2D eigenvalue weighted by atomic mass is 35.5. The number of hydrazone groups is 1. The van der Waals surface area contributed by atoms with Crippen LogP contribution in [0, 0.1) is 20.2 Å². The van der Waals surface area contributed by atoms with Gasteiger partial charge in [0.15, 0.2) is 6.61 Å². The van der Waals surface area contributed by atoms with Crippen molar-refractivity contribution in [3.05, 3.63) is 96.5 Å². The first-order chi connectivity index (χ1) is 16.2. The third-order valence-corrected chi connectivity index (χ3v) is 4.80. The largest absolute Gasteiger partial charge is 0.484 e. The highest BCUT2D eigenvalue weighted by molar-refractivity contribution is 6.35. The molecule has 13 heteroatoms. The maximum Gasteiger partial charge on any atom is 0.301 e. The Labute approximate surface area is 202 Å². The number of carbonyl (C=O) groups excluding carboxylic acids is 1. The fourth-order valence-electron chi connectivity index (χ4n) is 2.63. The monoisotopic (exact) mass is 503 g/mol. The minimum absolute atomic E-state index is 0.00220. The zero-order valence-corrected chi connectivity index (χ0v) is 18.6. The lowest BCUT2D eigenvalue weighted by atomic mass is 10.2. The number of amides is 1. The second-order valence-corrected chi connectivity index (χ2v) is 7.46. The molecule has 3 aromatic carbocycles. The van der Waals surface area contributed by atoms with Gasteiger partial charge in [-0.15, -0.1) is 0 Å². The van der Waals surface area contributed by atoms with Crippen molar-refractivity contribution in [3.8, 4) is 5.75 Å². The van der Waals surface area contributed by atoms with Crippen LogP contribution in [-0.4, -0.2) is 28.6 Å². The first-order valence-corrected chi connectivity index (χ1v) is 10.2. The van der Waals surface area contributed by atoms with Crippen LogP contribution in [0.3, 0.4) is 0 Å². The van der Waals surface area contributed by atoms with Crippen LogP contribution >= 0.6 is 23.2 Å². The molecule has 0 radical (unpaired) electrons. The Bertz CT molecular complexity index is 1270. The molecule has 3 rings (SSSR count). The van der Waals surface area contributed by atoms with Crippen molar-refractivity contribution >= 4 is 58.1 Å². The van der Waals surface area contributed by atoms with E-state index in [9.17, 15) is 25.0 Å². The van der Waals surface area contributed by atoms with Gasteiger partial charge in [-0.1, -0.05) is 23.2 Å². The van der Waals surface area contributed by atoms with Gasteiger partial charge in [-0.3, -0.25) is 30.4 Å². The highest BCUT2D eigenvalue weighted by Crippen LogP contribution is 2.29. The molecule has 0 spiro atoms. The Morgan fingerprint density at radius 2 is 1.71 bits per heavy atom. The van der Waals surface area contributed by atoms with Gasteiger partial charge < -0.3 is 10.1 Å². The number of hydrogen-bond donors (Lipinski definition) is 2. The quantitative estimate of drug-likeness (QED) is 0.229. The van der Waals surface area contributed by atoms with Crippen LogP contribution in [-0.2, 0) is 4.79 Å². The Hall–Kier alpha value is -4.22. The van der Waals surface area contributed by atoms with Crippen molar-refractivity contribution in [2.24, 2.45) is 5.10 Å². The highest BCUT2D eigenvalue weighted by Gasteiger charge is 2.19. The molecule has 0 saturated heterocycles. The fraction of sp³-hybridized carbons (Fsp3) is 0.0476. The van der Waals surface area contributed by atoms with Crippen molar-refractivity contribution in [2.75, 3.05) is 17.3 Å². The molecule has 0 aliphatic rings. The smallest absolute Gasteiger partial charge is 0.301 e. The minimum atomic E-state index is -0.743. The normalized spacial score (nSPS) is 10.6. The molecular formula is C21H15Cl2N5O6. The summed E-state index contributed by atoms with van der Waals surface area (Å²) < 4.78 is 5.43. The van der Waals surface area contributed by atoms with Gasteiger partial charge >= 0.3 is 5.69 Å². The first kappa shape index (κ1) is 24.4. The number of benzene rings is 3. The van der Waals surface area contributed by atoms with Crippen LogP contribution in [0.15, 0.2) is 65.8 Å². The number of anilines is 2. The number of nitrogens with zero attached hydrogens (tertiary/aromatic N) is 3. The molecule has 0 bridgehead atoms. The molecule has 3 aromatic rings. The summed E-state index contributed by atoms with van der Waals surface area (Å²) in [5.41, 5.74) is 2.61. The van der Waals surface area contributed by atoms with E-state index in [-0.39, 0.29) is 12.3 Å². The van der Waals surface area contributed by atoms with Gasteiger partial charge in [0.1, 0.15) is 11.4 Å². The van der Waals surface area contributed by atoms with E-state index in [0.29, 0.717) is 27.0 Å². The second-order valence-electron chi connectivity index (χ2n) is 6.62. The summed E-state index contributed by atoms with van der Waals surface area (Å²) in [7, 11) is 0. The third kappa shape index (κ3) is 6.64. The average Bonchev–Trinajstić information content (AvgIpc) is 2.81. The lowest BCUT2D eigenvalue weighted by Crippen LogP contribution is -2.20. The second kappa shape index (κ2) is 11.1. The molecule has 11 nitrogen and oxygen atoms in total. The van der Waals surface area contributed by atoms with Gasteiger partial charge in [0.25, 0.3) is 11.6 Å². The molecule has 0 heterocycles. The Balaban J connectivity index is 1.55. The van der Waals surface area contributed by atoms with Gasteiger partial charge in [0, 0.05) is 11.1 Å². The zero-order chi connectivity index (χ0) is 24.7. The predicted octanol–water partition coefficient (Wildman–Crippen LogP) is 5.27. The lowest BCUT2D eigenvalue weighted by molar-refractivity contribution is -0.393. The number of nitro benzene ring substituents is 2. The molecule has 0 aliphatic heterocycles. The van der Waals surface area contributed by atoms with E-state index in [2.05, 4.69) is 15.8 Å². The number of hydrogen-bond acceptors (Lipinski definition) is 8. The zero-order valence-electron chi connectivity index (χ0n) is 17.1. The summed E-state index contributed by atoms with van der Waals surface area (Å²) in [6, 6.07) is 14.4. The van der Waals surface area contributed by atoms with E-state index in [1.807, 2.05) is 0 Å². The number of non-ortho nitro benzene ring substituents is 1. The van der Waals surface area contributed by atoms with Crippen LogP contribution in [0.5, 0.6) is 5.75 Å². The van der Waals surface area contributed by atoms with Crippen molar-refractivity contribution in [2.45, 2.75) is 0 Å². The molecule has 0 atom stereocenters. The summed E-state index contributed by atoms with van der Waals surface area (Å²) in [4.78, 5) is 32.6. The standard InChI is InChI=1S/C21H15Cl2N5O6/c22-14-3-7-17(23)19(9-14)25-21(29)12-34-16-5-1-13(2-6-16)11-24-26-18-8-4-15(27(30)31)10-20(18)28(32)33/h1-11,26H,12H2,(H,25,29)/b24-11-. The van der Waals surface area contributed by atoms with Gasteiger partial charge in [-0.2, -0.15) is 5.10 Å². The van der Waals surface area contributed by atoms with Crippen LogP contribution in [0.25, 0.3) is 0 Å². The van der Waals surface area contributed by atoms with E-state index in [1.165, 1.54) is 18.3 Å². The predicted molar refractivity (Wildman–Crippen MR) is 128 cm³/mol. The van der Waals surface area contributed by atoms with Crippen LogP contribution in [0.4, 0.5) is 22.7 Å². The number of ether oxygens (including phenoxy) is 1. The van der Waals surface area contributed by atoms with E-state index in [1.54, 1.807) is 36.4 Å². The number of rotatable bonds is 9. The summed E-state index contributed by atoms with van der Waals surface area (Å²) in [5, 5.41) is 29.2. The maximum atomic E-state index is 12.1. The van der Waals surface area contributed by atoms with Crippen LogP contribution in [0.2, 0.25) is 10.0 Å². The SMILES string of the molecule is O=C(COc1ccc(/C=N\Nc2ccc([N+](=O)[O-])cc2[N+](=O)[O-])cc1)Nc1cc(Cl)ccc1Cl. The maximum absolute atomic E-state index is 12.1. The molecular weight excluding hydrogens is 489 g/mol. The molecule has 2 N–H and O–H groups in total. The molecule has 0 fully saturated rings. The van der Waals surface area contributed by atoms with Gasteiger partial charge in [-0.05, 0) is 54.1 Å². The van der Waals surface area contributed by atoms with E-state index < -0.39 is 27.1 Å². The summed E-state index contributed by atoms with van der Waals surface area (Å²) in [6.07, 6.45) is 1.39. The van der Waals surface area contributed by atoms with Crippen molar-refractivity contribution in [1.29, 1.82) is 0 Å². The number of nitro groups is 2. The van der Waals surface area contributed by atoms with Crippen molar-refractivity contribution in [1.82, 2.24) is 0 Å². The Morgan fingerprint density at radius 3 is 2.38 bits per heavy atom. The van der Waals surface area contributed by atoms with E-state index in [4.69, 9.17) is 27.9 Å². The molecule has 0 aromatic heterocycles. The molecule has 1 amide bonds. The number of halogens is 2. The van der Waals surface area contributed by atoms with Gasteiger partial charge in [0.05, 0.1) is 32.8 Å². The van der Waals surface area contributed by atoms with Gasteiger partial charge in [-0.25, -0.2) is 0 Å². The lowest BCUT2D eigenvalue weighted by Gasteiger charge is -2.09. The summed E-state index contributed by atoms with van der Waals surface area (Å²) >= 11 is 11.9. The summed E-state index contributed by atoms with van der Waals surface area (Å²) in [6.45, 7) is -0.262. The third-order valence-electron chi connectivity index (χ3n) is 4.24. The molecule has 0 aliphatic carbocycles. The topological polar surface area (TPSA) is 149 Å². The van der Waals surface area contributed by atoms with E-state index in [0.717, 1.165) is 12.1 Å². The minimum Gasteiger partial charge on any atom is -0.484 e. The molecule has 0 unspecified atom stereocenters. The van der Waals surface area contributed by atoms with Crippen LogP contribution < -0.4 is 15.5 Å². The molecule has 174 valence electrons. The van der Waals surface area contributed by atoms with E-state index >= 15 is 0 Å². The summed E-state index contributed by atoms with van der Waals surface area (Å²) in [5.74, 6) is -0.00726. The fourth-order valence-corrected chi connectivity index (χ4v) is 2.97. The van der Waals surface area contributed by atoms with Crippen molar-refractivity contribution < 1.29 is 19.4 Å². The van der Waals surface area contributed by atoms with Crippen molar-refractivity contribution in [3.63, 3.8) is 0 Å². The first-order valence-electron chi connectivity index (χ1n) is 9.42. The number of nitrogens with one attached hydrogen (secondary N) is 2.